The molecule has 0 amide bonds. The Balaban J connectivity index is 1.49. The average Bonchev–Trinajstić information content (AvgIpc) is 2.48. The smallest absolute Gasteiger partial charge is 0.0631 e. The highest BCUT2D eigenvalue weighted by atomic mass is 16.3. The molecule has 8 bridgehead atoms. The second kappa shape index (κ2) is 3.94. The van der Waals surface area contributed by atoms with E-state index in [1.807, 2.05) is 0 Å². The molecule has 2 heteroatoms. The van der Waals surface area contributed by atoms with Crippen molar-refractivity contribution in [1.29, 1.82) is 0 Å². The third kappa shape index (κ3) is 1.34. The third-order valence-corrected chi connectivity index (χ3v) is 9.51. The van der Waals surface area contributed by atoms with Gasteiger partial charge in [-0.1, -0.05) is 0 Å². The fourth-order valence-corrected chi connectivity index (χ4v) is 9.43. The van der Waals surface area contributed by atoms with E-state index in [4.69, 9.17) is 0 Å². The SMILES string of the molecule is OC1C2CC3CC(C2)CC1(C12CC4CC(CC(C4)C1O)C2)C3. The summed E-state index contributed by atoms with van der Waals surface area (Å²) in [5.74, 6) is 4.57. The van der Waals surface area contributed by atoms with Crippen LogP contribution < -0.4 is 0 Å². The lowest BCUT2D eigenvalue weighted by Crippen LogP contribution is -2.70. The van der Waals surface area contributed by atoms with Crippen LogP contribution in [0.3, 0.4) is 0 Å². The number of hydrogen-bond donors (Lipinski definition) is 2. The molecule has 0 aromatic rings. The fourth-order valence-electron chi connectivity index (χ4n) is 9.43. The van der Waals surface area contributed by atoms with Crippen LogP contribution in [0.5, 0.6) is 0 Å². The average molecular weight is 302 g/mol. The second-order valence-corrected chi connectivity index (χ2v) is 10.4. The molecule has 122 valence electrons. The molecular weight excluding hydrogens is 272 g/mol. The molecule has 0 spiro atoms. The zero-order chi connectivity index (χ0) is 14.7. The molecule has 8 aliphatic rings. The highest BCUT2D eigenvalue weighted by Gasteiger charge is 2.71. The normalized spacial score (nSPS) is 67.9. The molecule has 0 aromatic heterocycles. The zero-order valence-electron chi connectivity index (χ0n) is 13.6. The predicted octanol–water partition coefficient (Wildman–Crippen LogP) is 3.36. The zero-order valence-corrected chi connectivity index (χ0v) is 13.6. The standard InChI is InChI=1S/C20H30O2/c21-17-15-3-11-1-12(4-15)8-19(17,7-11)20-9-13-2-14(10-20)6-16(5-13)18(20)22/h11-18,21-22H,1-10H2. The highest BCUT2D eigenvalue weighted by Crippen LogP contribution is 2.74. The largest absolute Gasteiger partial charge is 0.392 e. The number of rotatable bonds is 1. The Labute approximate surface area is 133 Å². The molecule has 8 fully saturated rings. The van der Waals surface area contributed by atoms with Gasteiger partial charge in [0.15, 0.2) is 0 Å². The molecule has 8 rings (SSSR count). The molecule has 0 aromatic carbocycles. The number of hydrogen-bond acceptors (Lipinski definition) is 2. The van der Waals surface area contributed by atoms with Crippen molar-refractivity contribution in [3.05, 3.63) is 0 Å². The molecule has 0 saturated heterocycles. The molecule has 2 nitrogen and oxygen atoms in total. The van der Waals surface area contributed by atoms with E-state index >= 15 is 0 Å². The van der Waals surface area contributed by atoms with Crippen LogP contribution in [-0.2, 0) is 0 Å². The molecule has 8 aliphatic carbocycles. The molecule has 2 N–H and O–H groups in total. The summed E-state index contributed by atoms with van der Waals surface area (Å²) in [5, 5.41) is 22.7. The Hall–Kier alpha value is -0.0800. The number of aliphatic hydroxyl groups is 2. The molecule has 22 heavy (non-hydrogen) atoms. The topological polar surface area (TPSA) is 40.5 Å². The van der Waals surface area contributed by atoms with Crippen LogP contribution in [0.2, 0.25) is 0 Å². The van der Waals surface area contributed by atoms with Crippen LogP contribution in [0.15, 0.2) is 0 Å². The molecule has 6 atom stereocenters. The molecule has 8 saturated carbocycles. The van der Waals surface area contributed by atoms with E-state index in [2.05, 4.69) is 0 Å². The monoisotopic (exact) mass is 302 g/mol. The van der Waals surface area contributed by atoms with Gasteiger partial charge in [-0.2, -0.15) is 0 Å². The summed E-state index contributed by atoms with van der Waals surface area (Å²) in [6, 6.07) is 0. The first kappa shape index (κ1) is 13.2. The van der Waals surface area contributed by atoms with Gasteiger partial charge in [0.25, 0.3) is 0 Å². The second-order valence-electron chi connectivity index (χ2n) is 10.4. The van der Waals surface area contributed by atoms with Gasteiger partial charge in [-0.05, 0) is 99.7 Å². The van der Waals surface area contributed by atoms with Gasteiger partial charge in [-0.15, -0.1) is 0 Å². The molecule has 6 unspecified atom stereocenters. The fraction of sp³-hybridized carbons (Fsp3) is 1.00. The maximum Gasteiger partial charge on any atom is 0.0631 e. The van der Waals surface area contributed by atoms with Crippen molar-refractivity contribution in [3.8, 4) is 0 Å². The van der Waals surface area contributed by atoms with Crippen LogP contribution in [0.4, 0.5) is 0 Å². The van der Waals surface area contributed by atoms with Crippen molar-refractivity contribution in [2.45, 2.75) is 76.4 Å². The van der Waals surface area contributed by atoms with Crippen molar-refractivity contribution in [2.24, 2.45) is 46.3 Å². The molecular formula is C20H30O2. The Morgan fingerprint density at radius 2 is 0.818 bits per heavy atom. The summed E-state index contributed by atoms with van der Waals surface area (Å²) in [4.78, 5) is 0. The summed E-state index contributed by atoms with van der Waals surface area (Å²) in [7, 11) is 0. The summed E-state index contributed by atoms with van der Waals surface area (Å²) in [6.45, 7) is 0. The Morgan fingerprint density at radius 1 is 0.500 bits per heavy atom. The van der Waals surface area contributed by atoms with Gasteiger partial charge in [-0.3, -0.25) is 0 Å². The lowest BCUT2D eigenvalue weighted by molar-refractivity contribution is -0.288. The Bertz CT molecular complexity index is 440. The van der Waals surface area contributed by atoms with Crippen molar-refractivity contribution in [1.82, 2.24) is 0 Å². The van der Waals surface area contributed by atoms with Crippen LogP contribution in [0.1, 0.15) is 64.2 Å². The van der Waals surface area contributed by atoms with Crippen molar-refractivity contribution >= 4 is 0 Å². The van der Waals surface area contributed by atoms with Gasteiger partial charge in [-0.25, -0.2) is 0 Å². The van der Waals surface area contributed by atoms with Crippen LogP contribution in [-0.4, -0.2) is 22.4 Å². The maximum absolute atomic E-state index is 11.3. The lowest BCUT2D eigenvalue weighted by Gasteiger charge is -2.72. The predicted molar refractivity (Wildman–Crippen MR) is 84.0 cm³/mol. The quantitative estimate of drug-likeness (QED) is 0.780. The minimum Gasteiger partial charge on any atom is -0.392 e. The van der Waals surface area contributed by atoms with Gasteiger partial charge in [0.2, 0.25) is 0 Å². The minimum absolute atomic E-state index is 0.0944. The lowest BCUT2D eigenvalue weighted by atomic mass is 9.33. The van der Waals surface area contributed by atoms with Crippen LogP contribution >= 0.6 is 0 Å². The summed E-state index contributed by atoms with van der Waals surface area (Å²) in [5.41, 5.74) is 0.189. The highest BCUT2D eigenvalue weighted by molar-refractivity contribution is 5.20. The van der Waals surface area contributed by atoms with Crippen LogP contribution in [0.25, 0.3) is 0 Å². The maximum atomic E-state index is 11.3. The summed E-state index contributed by atoms with van der Waals surface area (Å²) >= 11 is 0. The summed E-state index contributed by atoms with van der Waals surface area (Å²) < 4.78 is 0. The molecule has 0 aliphatic heterocycles. The minimum atomic E-state index is -0.105. The van der Waals surface area contributed by atoms with E-state index < -0.39 is 0 Å². The van der Waals surface area contributed by atoms with Gasteiger partial charge >= 0.3 is 0 Å². The van der Waals surface area contributed by atoms with E-state index in [1.165, 1.54) is 64.2 Å². The van der Waals surface area contributed by atoms with Crippen molar-refractivity contribution < 1.29 is 10.2 Å². The van der Waals surface area contributed by atoms with Gasteiger partial charge < -0.3 is 10.2 Å². The molecule has 0 radical (unpaired) electrons. The van der Waals surface area contributed by atoms with E-state index in [9.17, 15) is 10.2 Å². The van der Waals surface area contributed by atoms with Crippen LogP contribution in [0, 0.1) is 46.3 Å². The van der Waals surface area contributed by atoms with Crippen molar-refractivity contribution in [3.63, 3.8) is 0 Å². The summed E-state index contributed by atoms with van der Waals surface area (Å²) in [6.07, 6.45) is 12.7. The van der Waals surface area contributed by atoms with E-state index in [0.29, 0.717) is 11.8 Å². The Kier molecular flexibility index (Phi) is 2.37. The third-order valence-electron chi connectivity index (χ3n) is 9.51. The first-order chi connectivity index (χ1) is 10.6. The van der Waals surface area contributed by atoms with E-state index in [0.717, 1.165) is 23.7 Å². The first-order valence-electron chi connectivity index (χ1n) is 9.96. The van der Waals surface area contributed by atoms with Gasteiger partial charge in [0.05, 0.1) is 12.2 Å². The van der Waals surface area contributed by atoms with Gasteiger partial charge in [0, 0.05) is 10.8 Å². The first-order valence-corrected chi connectivity index (χ1v) is 9.96. The number of aliphatic hydroxyl groups excluding tert-OH is 2. The van der Waals surface area contributed by atoms with E-state index in [-0.39, 0.29) is 23.0 Å². The van der Waals surface area contributed by atoms with E-state index in [1.54, 1.807) is 0 Å². The Morgan fingerprint density at radius 3 is 1.14 bits per heavy atom. The van der Waals surface area contributed by atoms with Gasteiger partial charge in [0.1, 0.15) is 0 Å². The molecule has 0 heterocycles. The van der Waals surface area contributed by atoms with Crippen molar-refractivity contribution in [2.75, 3.05) is 0 Å².